The molecular weight excluding hydrogens is 204 g/mol. The van der Waals surface area contributed by atoms with E-state index in [0.717, 1.165) is 10.6 Å². The number of allylic oxidation sites excluding steroid dienone is 1. The molecule has 0 N–H and O–H groups in total. The van der Waals surface area contributed by atoms with Crippen LogP contribution in [0.15, 0.2) is 41.6 Å². The minimum Gasteiger partial charge on any atom is -0.468 e. The maximum absolute atomic E-state index is 11.1. The van der Waals surface area contributed by atoms with Gasteiger partial charge in [-0.25, -0.2) is 0 Å². The fourth-order valence-electron chi connectivity index (χ4n) is 1.42. The molecule has 0 amide bonds. The number of hydrogen-bond donors (Lipinski definition) is 0. The average Bonchev–Trinajstić information content (AvgIpc) is 2.50. The molecule has 1 aliphatic heterocycles. The second kappa shape index (κ2) is 4.61. The third-order valence-corrected chi connectivity index (χ3v) is 2.23. The van der Waals surface area contributed by atoms with Gasteiger partial charge in [0.15, 0.2) is 0 Å². The van der Waals surface area contributed by atoms with Crippen LogP contribution in [0.1, 0.15) is 0 Å². The monoisotopic (exact) mass is 216 g/mol. The number of carbonyl (C=O) groups is 1. The second-order valence-corrected chi connectivity index (χ2v) is 3.34. The summed E-state index contributed by atoms with van der Waals surface area (Å²) in [5, 5.41) is 7.78. The van der Waals surface area contributed by atoms with Crippen LogP contribution in [0.2, 0.25) is 0 Å². The minimum absolute atomic E-state index is 0.120. The molecule has 4 heteroatoms. The molecule has 2 rings (SSSR count). The maximum atomic E-state index is 11.1. The van der Waals surface area contributed by atoms with Crippen molar-refractivity contribution in [3.8, 4) is 0 Å². The SMILES string of the molecule is COC(=O)CN1C=CC=c2ccccc2=N1. The molecule has 16 heavy (non-hydrogen) atoms. The molecule has 0 bridgehead atoms. The highest BCUT2D eigenvalue weighted by Crippen LogP contribution is 1.94. The topological polar surface area (TPSA) is 41.9 Å². The molecule has 0 atom stereocenters. The van der Waals surface area contributed by atoms with Crippen LogP contribution in [0.4, 0.5) is 0 Å². The molecule has 0 unspecified atom stereocenters. The lowest BCUT2D eigenvalue weighted by Gasteiger charge is -2.10. The molecule has 4 nitrogen and oxygen atoms in total. The van der Waals surface area contributed by atoms with Gasteiger partial charge in [0.2, 0.25) is 0 Å². The number of rotatable bonds is 2. The standard InChI is InChI=1S/C12H12N2O2/c1-16-12(15)9-14-8-4-6-10-5-2-3-7-11(10)13-14/h2-8H,9H2,1H3. The van der Waals surface area contributed by atoms with Gasteiger partial charge >= 0.3 is 5.97 Å². The Bertz CT molecular complexity index is 534. The van der Waals surface area contributed by atoms with E-state index >= 15 is 0 Å². The average molecular weight is 216 g/mol. The van der Waals surface area contributed by atoms with E-state index in [4.69, 9.17) is 0 Å². The predicted molar refractivity (Wildman–Crippen MR) is 59.6 cm³/mol. The van der Waals surface area contributed by atoms with Crippen molar-refractivity contribution < 1.29 is 9.53 Å². The number of benzene rings is 1. The minimum atomic E-state index is -0.312. The highest BCUT2D eigenvalue weighted by atomic mass is 16.5. The van der Waals surface area contributed by atoms with Crippen molar-refractivity contribution in [2.45, 2.75) is 0 Å². The Balaban J connectivity index is 2.33. The first-order valence-electron chi connectivity index (χ1n) is 4.95. The van der Waals surface area contributed by atoms with Crippen molar-refractivity contribution in [1.82, 2.24) is 5.01 Å². The summed E-state index contributed by atoms with van der Waals surface area (Å²) >= 11 is 0. The zero-order valence-electron chi connectivity index (χ0n) is 8.96. The normalized spacial score (nSPS) is 13.2. The number of esters is 1. The maximum Gasteiger partial charge on any atom is 0.327 e. The Morgan fingerprint density at radius 3 is 3.06 bits per heavy atom. The first-order chi connectivity index (χ1) is 7.79. The summed E-state index contributed by atoms with van der Waals surface area (Å²) in [6.45, 7) is 0.120. The Morgan fingerprint density at radius 1 is 1.44 bits per heavy atom. The molecule has 0 radical (unpaired) electrons. The van der Waals surface area contributed by atoms with Crippen LogP contribution < -0.4 is 10.6 Å². The lowest BCUT2D eigenvalue weighted by molar-refractivity contribution is -0.141. The van der Waals surface area contributed by atoms with Crippen LogP contribution in [-0.4, -0.2) is 24.6 Å². The van der Waals surface area contributed by atoms with E-state index in [0.29, 0.717) is 0 Å². The number of methoxy groups -OCH3 is 1. The van der Waals surface area contributed by atoms with Crippen molar-refractivity contribution in [2.24, 2.45) is 5.10 Å². The molecule has 0 aromatic heterocycles. The lowest BCUT2D eigenvalue weighted by Crippen LogP contribution is -2.29. The Hall–Kier alpha value is -2.10. The van der Waals surface area contributed by atoms with Crippen LogP contribution in [0, 0.1) is 0 Å². The fourth-order valence-corrected chi connectivity index (χ4v) is 1.42. The third-order valence-electron chi connectivity index (χ3n) is 2.23. The summed E-state index contributed by atoms with van der Waals surface area (Å²) in [5.74, 6) is -0.312. The van der Waals surface area contributed by atoms with Gasteiger partial charge in [-0.2, -0.15) is 5.10 Å². The number of nitrogens with zero attached hydrogens (tertiary/aromatic N) is 2. The molecule has 1 heterocycles. The summed E-state index contributed by atoms with van der Waals surface area (Å²) in [5.41, 5.74) is 0. The van der Waals surface area contributed by atoms with E-state index in [9.17, 15) is 4.79 Å². The van der Waals surface area contributed by atoms with E-state index in [1.54, 1.807) is 11.2 Å². The number of hydrogen-bond acceptors (Lipinski definition) is 4. The molecule has 0 saturated heterocycles. The lowest BCUT2D eigenvalue weighted by atomic mass is 10.3. The van der Waals surface area contributed by atoms with E-state index < -0.39 is 0 Å². The highest BCUT2D eigenvalue weighted by Gasteiger charge is 2.06. The van der Waals surface area contributed by atoms with Gasteiger partial charge in [0, 0.05) is 11.4 Å². The Morgan fingerprint density at radius 2 is 2.25 bits per heavy atom. The smallest absolute Gasteiger partial charge is 0.327 e. The molecule has 1 aromatic carbocycles. The first-order valence-corrected chi connectivity index (χ1v) is 4.95. The van der Waals surface area contributed by atoms with E-state index in [2.05, 4.69) is 9.84 Å². The first kappa shape index (κ1) is 10.4. The summed E-state index contributed by atoms with van der Waals surface area (Å²) in [7, 11) is 1.37. The van der Waals surface area contributed by atoms with Gasteiger partial charge in [-0.1, -0.05) is 24.3 Å². The van der Waals surface area contributed by atoms with Gasteiger partial charge in [-0.15, -0.1) is 0 Å². The van der Waals surface area contributed by atoms with Gasteiger partial charge in [0.1, 0.15) is 6.54 Å². The largest absolute Gasteiger partial charge is 0.468 e. The summed E-state index contributed by atoms with van der Waals surface area (Å²) in [6.07, 6.45) is 5.56. The van der Waals surface area contributed by atoms with Crippen molar-refractivity contribution in [1.29, 1.82) is 0 Å². The molecular formula is C12H12N2O2. The van der Waals surface area contributed by atoms with E-state index in [-0.39, 0.29) is 12.5 Å². The van der Waals surface area contributed by atoms with Crippen LogP contribution in [0.25, 0.3) is 6.08 Å². The number of ether oxygens (including phenoxy) is 1. The van der Waals surface area contributed by atoms with Crippen molar-refractivity contribution in [3.05, 3.63) is 47.1 Å². The van der Waals surface area contributed by atoms with Crippen LogP contribution >= 0.6 is 0 Å². The summed E-state index contributed by atoms with van der Waals surface area (Å²) in [6, 6.07) is 7.75. The zero-order chi connectivity index (χ0) is 11.4. The van der Waals surface area contributed by atoms with E-state index in [1.807, 2.05) is 36.4 Å². The molecule has 1 aliphatic rings. The second-order valence-electron chi connectivity index (χ2n) is 3.34. The van der Waals surface area contributed by atoms with Gasteiger partial charge in [-0.3, -0.25) is 9.80 Å². The molecule has 1 aromatic rings. The van der Waals surface area contributed by atoms with Gasteiger partial charge in [-0.05, 0) is 12.1 Å². The van der Waals surface area contributed by atoms with Crippen LogP contribution in [0.3, 0.4) is 0 Å². The van der Waals surface area contributed by atoms with Gasteiger partial charge in [0.25, 0.3) is 0 Å². The number of fused-ring (bicyclic) bond motifs is 1. The van der Waals surface area contributed by atoms with Gasteiger partial charge < -0.3 is 4.74 Å². The quantitative estimate of drug-likeness (QED) is 0.654. The van der Waals surface area contributed by atoms with Crippen LogP contribution in [0.5, 0.6) is 0 Å². The van der Waals surface area contributed by atoms with E-state index in [1.165, 1.54) is 7.11 Å². The Kier molecular flexibility index (Phi) is 3.00. The van der Waals surface area contributed by atoms with Crippen LogP contribution in [-0.2, 0) is 9.53 Å². The highest BCUT2D eigenvalue weighted by molar-refractivity contribution is 5.71. The van der Waals surface area contributed by atoms with Gasteiger partial charge in [0.05, 0.1) is 12.5 Å². The molecule has 0 saturated carbocycles. The zero-order valence-corrected chi connectivity index (χ0v) is 8.96. The van der Waals surface area contributed by atoms with Crippen molar-refractivity contribution in [3.63, 3.8) is 0 Å². The van der Waals surface area contributed by atoms with Crippen molar-refractivity contribution in [2.75, 3.05) is 13.7 Å². The summed E-state index contributed by atoms with van der Waals surface area (Å²) < 4.78 is 4.60. The Labute approximate surface area is 93.1 Å². The summed E-state index contributed by atoms with van der Waals surface area (Å²) in [4.78, 5) is 11.1. The molecule has 0 fully saturated rings. The predicted octanol–water partition coefficient (Wildman–Crippen LogP) is 0.00400. The fraction of sp³-hybridized carbons (Fsp3) is 0.167. The number of carbonyl (C=O) groups excluding carboxylic acids is 1. The molecule has 82 valence electrons. The van der Waals surface area contributed by atoms with Crippen molar-refractivity contribution >= 4 is 12.0 Å². The molecule has 0 aliphatic carbocycles. The third kappa shape index (κ3) is 2.28. The molecule has 0 spiro atoms.